The van der Waals surface area contributed by atoms with E-state index in [4.69, 9.17) is 27.9 Å². The third-order valence-electron chi connectivity index (χ3n) is 1.87. The van der Waals surface area contributed by atoms with Crippen molar-refractivity contribution in [3.63, 3.8) is 0 Å². The van der Waals surface area contributed by atoms with Crippen LogP contribution in [0.15, 0.2) is 30.9 Å². The van der Waals surface area contributed by atoms with Crippen LogP contribution in [0, 0.1) is 0 Å². The average Bonchev–Trinajstić information content (AvgIpc) is 2.17. The second-order valence-corrected chi connectivity index (χ2v) is 3.73. The zero-order valence-electron chi connectivity index (χ0n) is 8.17. The zero-order valence-corrected chi connectivity index (χ0v) is 9.68. The monoisotopic (exact) mass is 244 g/mol. The zero-order chi connectivity index (χ0) is 11.4. The minimum atomic E-state index is -0.501. The molecule has 0 fully saturated rings. The molecule has 0 amide bonds. The quantitative estimate of drug-likeness (QED) is 0.598. The lowest BCUT2D eigenvalue weighted by atomic mass is 10.1. The second-order valence-electron chi connectivity index (χ2n) is 2.92. The Bertz CT molecular complexity index is 368. The van der Waals surface area contributed by atoms with Crippen molar-refractivity contribution in [3.8, 4) is 0 Å². The summed E-state index contributed by atoms with van der Waals surface area (Å²) in [6, 6.07) is 5.12. The van der Waals surface area contributed by atoms with Crippen molar-refractivity contribution < 1.29 is 9.53 Å². The molecule has 0 aromatic heterocycles. The maximum absolute atomic E-state index is 11.0. The fourth-order valence-electron chi connectivity index (χ4n) is 1.18. The van der Waals surface area contributed by atoms with Gasteiger partial charge in [-0.25, -0.2) is 4.79 Å². The lowest BCUT2D eigenvalue weighted by Crippen LogP contribution is -2.06. The molecule has 0 saturated carbocycles. The van der Waals surface area contributed by atoms with Crippen molar-refractivity contribution >= 4 is 29.2 Å². The Kier molecular flexibility index (Phi) is 4.18. The fraction of sp³-hybridized carbons (Fsp3) is 0.182. The number of rotatable bonds is 3. The fourth-order valence-corrected chi connectivity index (χ4v) is 1.89. The molecule has 1 atom stereocenters. The predicted molar refractivity (Wildman–Crippen MR) is 61.2 cm³/mol. The van der Waals surface area contributed by atoms with Crippen LogP contribution in [0.3, 0.4) is 0 Å². The molecule has 2 nitrogen and oxygen atoms in total. The topological polar surface area (TPSA) is 26.3 Å². The summed E-state index contributed by atoms with van der Waals surface area (Å²) in [6.45, 7) is 5.01. The maximum Gasteiger partial charge on any atom is 0.330 e. The van der Waals surface area contributed by atoms with Gasteiger partial charge in [-0.05, 0) is 19.1 Å². The molecule has 0 aliphatic carbocycles. The number of ether oxygens (including phenoxy) is 1. The number of carbonyl (C=O) groups is 1. The molecule has 0 aliphatic rings. The van der Waals surface area contributed by atoms with Gasteiger partial charge >= 0.3 is 5.97 Å². The predicted octanol–water partition coefficient (Wildman–Crippen LogP) is 3.78. The highest BCUT2D eigenvalue weighted by atomic mass is 35.5. The Hall–Kier alpha value is -0.990. The minimum Gasteiger partial charge on any atom is -0.455 e. The van der Waals surface area contributed by atoms with E-state index in [0.29, 0.717) is 15.6 Å². The molecular formula is C11H10Cl2O2. The molecule has 80 valence electrons. The molecule has 0 radical (unpaired) electrons. The van der Waals surface area contributed by atoms with Crippen molar-refractivity contribution in [2.24, 2.45) is 0 Å². The lowest BCUT2D eigenvalue weighted by Gasteiger charge is -2.15. The lowest BCUT2D eigenvalue weighted by molar-refractivity contribution is -0.142. The van der Waals surface area contributed by atoms with E-state index in [1.807, 2.05) is 0 Å². The van der Waals surface area contributed by atoms with Gasteiger partial charge in [0.25, 0.3) is 0 Å². The molecule has 0 spiro atoms. The van der Waals surface area contributed by atoms with Gasteiger partial charge in [0, 0.05) is 21.7 Å². The van der Waals surface area contributed by atoms with E-state index in [2.05, 4.69) is 6.58 Å². The van der Waals surface area contributed by atoms with Crippen LogP contribution in [0.25, 0.3) is 0 Å². The normalized spacial score (nSPS) is 11.9. The standard InChI is InChI=1S/C11H10Cl2O2/c1-3-10(14)15-7(2)11-8(12)5-4-6-9(11)13/h3-7H,1H2,2H3. The first-order valence-electron chi connectivity index (χ1n) is 4.33. The van der Waals surface area contributed by atoms with E-state index in [0.717, 1.165) is 6.08 Å². The number of carbonyl (C=O) groups excluding carboxylic acids is 1. The Labute approximate surface area is 98.4 Å². The molecule has 1 aromatic rings. The van der Waals surface area contributed by atoms with Gasteiger partial charge in [0.2, 0.25) is 0 Å². The SMILES string of the molecule is C=CC(=O)OC(C)c1c(Cl)cccc1Cl. The minimum absolute atomic E-state index is 0.479. The van der Waals surface area contributed by atoms with Crippen LogP contribution in [0.2, 0.25) is 10.0 Å². The van der Waals surface area contributed by atoms with E-state index in [1.165, 1.54) is 0 Å². The van der Waals surface area contributed by atoms with Gasteiger partial charge in [-0.3, -0.25) is 0 Å². The molecule has 1 rings (SSSR count). The second kappa shape index (κ2) is 5.19. The third-order valence-corrected chi connectivity index (χ3v) is 2.53. The van der Waals surface area contributed by atoms with Crippen molar-refractivity contribution in [1.82, 2.24) is 0 Å². The van der Waals surface area contributed by atoms with Crippen LogP contribution < -0.4 is 0 Å². The Balaban J connectivity index is 2.95. The number of hydrogen-bond donors (Lipinski definition) is 0. The first-order chi connectivity index (χ1) is 7.06. The molecule has 1 aromatic carbocycles. The average molecular weight is 245 g/mol. The highest BCUT2D eigenvalue weighted by molar-refractivity contribution is 6.36. The first-order valence-corrected chi connectivity index (χ1v) is 5.08. The molecule has 0 N–H and O–H groups in total. The van der Waals surface area contributed by atoms with E-state index in [-0.39, 0.29) is 0 Å². The summed E-state index contributed by atoms with van der Waals surface area (Å²) in [6.07, 6.45) is 0.609. The van der Waals surface area contributed by atoms with Gasteiger partial charge in [0.1, 0.15) is 6.10 Å². The summed E-state index contributed by atoms with van der Waals surface area (Å²) in [4.78, 5) is 11.0. The van der Waals surface area contributed by atoms with Gasteiger partial charge < -0.3 is 4.74 Å². The van der Waals surface area contributed by atoms with Crippen LogP contribution in [0.4, 0.5) is 0 Å². The number of esters is 1. The molecule has 0 saturated heterocycles. The van der Waals surface area contributed by atoms with Crippen LogP contribution in [-0.4, -0.2) is 5.97 Å². The van der Waals surface area contributed by atoms with Gasteiger partial charge in [0.05, 0.1) is 0 Å². The van der Waals surface area contributed by atoms with Crippen molar-refractivity contribution in [2.45, 2.75) is 13.0 Å². The van der Waals surface area contributed by atoms with E-state index >= 15 is 0 Å². The Morgan fingerprint density at radius 1 is 1.47 bits per heavy atom. The summed E-state index contributed by atoms with van der Waals surface area (Å²) in [7, 11) is 0. The summed E-state index contributed by atoms with van der Waals surface area (Å²) in [5, 5.41) is 0.957. The van der Waals surface area contributed by atoms with E-state index in [1.54, 1.807) is 25.1 Å². The summed E-state index contributed by atoms with van der Waals surface area (Å²) >= 11 is 11.9. The van der Waals surface area contributed by atoms with Crippen molar-refractivity contribution in [3.05, 3.63) is 46.5 Å². The summed E-state index contributed by atoms with van der Waals surface area (Å²) < 4.78 is 5.02. The molecule has 15 heavy (non-hydrogen) atoms. The molecule has 4 heteroatoms. The molecule has 1 unspecified atom stereocenters. The van der Waals surface area contributed by atoms with Crippen LogP contribution in [-0.2, 0) is 9.53 Å². The third kappa shape index (κ3) is 2.98. The molecule has 0 heterocycles. The van der Waals surface area contributed by atoms with Gasteiger partial charge in [-0.1, -0.05) is 35.8 Å². The first kappa shape index (κ1) is 12.1. The molecule has 0 aliphatic heterocycles. The van der Waals surface area contributed by atoms with Gasteiger partial charge in [-0.15, -0.1) is 0 Å². The molecule has 0 bridgehead atoms. The Morgan fingerprint density at radius 3 is 2.47 bits per heavy atom. The van der Waals surface area contributed by atoms with Crippen LogP contribution in [0.1, 0.15) is 18.6 Å². The van der Waals surface area contributed by atoms with E-state index < -0.39 is 12.1 Å². The van der Waals surface area contributed by atoms with Gasteiger partial charge in [-0.2, -0.15) is 0 Å². The summed E-state index contributed by atoms with van der Waals surface area (Å²) in [5.41, 5.74) is 0.607. The highest BCUT2D eigenvalue weighted by Crippen LogP contribution is 2.31. The number of benzene rings is 1. The largest absolute Gasteiger partial charge is 0.455 e. The molecular weight excluding hydrogens is 235 g/mol. The van der Waals surface area contributed by atoms with Crippen molar-refractivity contribution in [1.29, 1.82) is 0 Å². The van der Waals surface area contributed by atoms with Crippen LogP contribution >= 0.6 is 23.2 Å². The van der Waals surface area contributed by atoms with Crippen LogP contribution in [0.5, 0.6) is 0 Å². The van der Waals surface area contributed by atoms with Crippen molar-refractivity contribution in [2.75, 3.05) is 0 Å². The maximum atomic E-state index is 11.0. The summed E-state index contributed by atoms with van der Waals surface area (Å²) in [5.74, 6) is -0.501. The highest BCUT2D eigenvalue weighted by Gasteiger charge is 2.16. The number of halogens is 2. The van der Waals surface area contributed by atoms with Gasteiger partial charge in [0.15, 0.2) is 0 Å². The number of hydrogen-bond acceptors (Lipinski definition) is 2. The Morgan fingerprint density at radius 2 is 2.00 bits per heavy atom. The van der Waals surface area contributed by atoms with E-state index in [9.17, 15) is 4.79 Å². The smallest absolute Gasteiger partial charge is 0.330 e.